The van der Waals surface area contributed by atoms with Gasteiger partial charge in [-0.3, -0.25) is 0 Å². The fourth-order valence-corrected chi connectivity index (χ4v) is 1.22. The number of rotatable bonds is 1. The minimum absolute atomic E-state index is 0.525. The van der Waals surface area contributed by atoms with Gasteiger partial charge in [0.25, 0.3) is 0 Å². The van der Waals surface area contributed by atoms with Crippen molar-refractivity contribution in [2.45, 2.75) is 19.8 Å². The Balaban J connectivity index is 2.62. The topological polar surface area (TPSA) is 41.6 Å². The summed E-state index contributed by atoms with van der Waals surface area (Å²) in [4.78, 5) is 3.29. The molecule has 2 rings (SSSR count). The Morgan fingerprint density at radius 3 is 2.67 bits per heavy atom. The molecule has 0 atom stereocenters. The van der Waals surface area contributed by atoms with Crippen molar-refractivity contribution in [3.63, 3.8) is 0 Å². The summed E-state index contributed by atoms with van der Waals surface area (Å²) in [6, 6.07) is 2.12. The van der Waals surface area contributed by atoms with Crippen LogP contribution in [0.3, 0.4) is 0 Å². The minimum Gasteiger partial charge on any atom is -0.357 e. The first-order valence-electron chi connectivity index (χ1n) is 4.06. The summed E-state index contributed by atoms with van der Waals surface area (Å²) in [6.45, 7) is 4.32. The van der Waals surface area contributed by atoms with E-state index in [1.165, 1.54) is 5.69 Å². The normalized spacial score (nSPS) is 11.2. The van der Waals surface area contributed by atoms with Gasteiger partial charge in [0, 0.05) is 11.1 Å². The van der Waals surface area contributed by atoms with E-state index >= 15 is 0 Å². The molecule has 0 aliphatic carbocycles. The molecule has 62 valence electrons. The van der Waals surface area contributed by atoms with Gasteiger partial charge in [-0.05, 0) is 12.0 Å². The summed E-state index contributed by atoms with van der Waals surface area (Å²) in [5.41, 5.74) is 2.30. The molecule has 1 N–H and O–H groups in total. The molecular formula is C9H11N3. The number of nitrogens with zero attached hydrogens (tertiary/aromatic N) is 2. The Morgan fingerprint density at radius 2 is 2.00 bits per heavy atom. The minimum atomic E-state index is 0.525. The monoisotopic (exact) mass is 161 g/mol. The molecule has 0 saturated heterocycles. The van der Waals surface area contributed by atoms with Gasteiger partial charge in [-0.25, -0.2) is 0 Å². The first kappa shape index (κ1) is 7.28. The van der Waals surface area contributed by atoms with E-state index in [2.05, 4.69) is 35.1 Å². The van der Waals surface area contributed by atoms with Crippen molar-refractivity contribution in [2.75, 3.05) is 0 Å². The molecule has 0 aromatic carbocycles. The maximum atomic E-state index is 3.82. The summed E-state index contributed by atoms with van der Waals surface area (Å²) in [5, 5.41) is 8.75. The lowest BCUT2D eigenvalue weighted by molar-refractivity contribution is 0.836. The van der Waals surface area contributed by atoms with Crippen LogP contribution in [0, 0.1) is 0 Å². The van der Waals surface area contributed by atoms with Crippen LogP contribution in [0.5, 0.6) is 0 Å². The van der Waals surface area contributed by atoms with Crippen LogP contribution in [0.15, 0.2) is 18.5 Å². The van der Waals surface area contributed by atoms with Crippen molar-refractivity contribution in [3.8, 4) is 0 Å². The van der Waals surface area contributed by atoms with Crippen molar-refractivity contribution in [1.82, 2.24) is 15.2 Å². The van der Waals surface area contributed by atoms with E-state index in [9.17, 15) is 0 Å². The molecule has 2 aromatic heterocycles. The molecule has 3 nitrogen and oxygen atoms in total. The molecule has 0 aliphatic heterocycles. The van der Waals surface area contributed by atoms with Crippen LogP contribution in [0.2, 0.25) is 0 Å². The first-order chi connectivity index (χ1) is 5.77. The maximum Gasteiger partial charge on any atom is 0.0737 e. The lowest BCUT2D eigenvalue weighted by atomic mass is 10.1. The number of aromatic nitrogens is 3. The molecule has 3 heteroatoms. The molecule has 0 saturated carbocycles. The second kappa shape index (κ2) is 2.59. The Kier molecular flexibility index (Phi) is 1.57. The average Bonchev–Trinajstić information content (AvgIpc) is 2.46. The van der Waals surface area contributed by atoms with E-state index in [0.29, 0.717) is 5.92 Å². The van der Waals surface area contributed by atoms with Crippen LogP contribution in [0.4, 0.5) is 0 Å². The van der Waals surface area contributed by atoms with Crippen molar-refractivity contribution >= 4 is 10.9 Å². The molecule has 0 spiro atoms. The summed E-state index contributed by atoms with van der Waals surface area (Å²) < 4.78 is 0. The van der Waals surface area contributed by atoms with Crippen LogP contribution >= 0.6 is 0 Å². The highest BCUT2D eigenvalue weighted by molar-refractivity contribution is 5.78. The van der Waals surface area contributed by atoms with E-state index < -0.39 is 0 Å². The standard InChI is InChI=1S/C9H11N3/c1-6(2)8-3-7-4-10-11-5-9(7)12-8/h3-6,12H,1-2H3. The average molecular weight is 161 g/mol. The zero-order chi connectivity index (χ0) is 8.55. The Morgan fingerprint density at radius 1 is 1.25 bits per heavy atom. The molecule has 0 bridgehead atoms. The number of hydrogen-bond acceptors (Lipinski definition) is 2. The zero-order valence-electron chi connectivity index (χ0n) is 7.20. The smallest absolute Gasteiger partial charge is 0.0737 e. The van der Waals surface area contributed by atoms with Gasteiger partial charge < -0.3 is 4.98 Å². The van der Waals surface area contributed by atoms with E-state index in [0.717, 1.165) is 10.9 Å². The number of hydrogen-bond donors (Lipinski definition) is 1. The molecule has 2 aromatic rings. The largest absolute Gasteiger partial charge is 0.357 e. The SMILES string of the molecule is CC(C)c1cc2cnncc2[nH]1. The number of H-pyrrole nitrogens is 1. The first-order valence-corrected chi connectivity index (χ1v) is 4.06. The van der Waals surface area contributed by atoms with Crippen molar-refractivity contribution < 1.29 is 0 Å². The predicted octanol–water partition coefficient (Wildman–Crippen LogP) is 2.08. The van der Waals surface area contributed by atoms with Gasteiger partial charge in [0.15, 0.2) is 0 Å². The van der Waals surface area contributed by atoms with E-state index in [-0.39, 0.29) is 0 Å². The second-order valence-electron chi connectivity index (χ2n) is 3.24. The van der Waals surface area contributed by atoms with Gasteiger partial charge in [-0.2, -0.15) is 10.2 Å². The zero-order valence-corrected chi connectivity index (χ0v) is 7.20. The summed E-state index contributed by atoms with van der Waals surface area (Å²) in [6.07, 6.45) is 3.53. The summed E-state index contributed by atoms with van der Waals surface area (Å²) in [7, 11) is 0. The fraction of sp³-hybridized carbons (Fsp3) is 0.333. The highest BCUT2D eigenvalue weighted by Gasteiger charge is 2.03. The Bertz CT molecular complexity index is 356. The highest BCUT2D eigenvalue weighted by atomic mass is 15.1. The molecule has 0 radical (unpaired) electrons. The fourth-order valence-electron chi connectivity index (χ4n) is 1.22. The van der Waals surface area contributed by atoms with Crippen LogP contribution in [-0.2, 0) is 0 Å². The van der Waals surface area contributed by atoms with E-state index in [1.54, 1.807) is 12.4 Å². The quantitative estimate of drug-likeness (QED) is 0.695. The molecule has 0 aliphatic rings. The van der Waals surface area contributed by atoms with Gasteiger partial charge in [-0.15, -0.1) is 0 Å². The van der Waals surface area contributed by atoms with Gasteiger partial charge in [0.2, 0.25) is 0 Å². The van der Waals surface area contributed by atoms with Crippen LogP contribution in [0.25, 0.3) is 10.9 Å². The Labute approximate surface area is 70.8 Å². The van der Waals surface area contributed by atoms with Crippen molar-refractivity contribution in [1.29, 1.82) is 0 Å². The lowest BCUT2D eigenvalue weighted by Crippen LogP contribution is -1.84. The second-order valence-corrected chi connectivity index (χ2v) is 3.24. The molecule has 12 heavy (non-hydrogen) atoms. The molecule has 0 fully saturated rings. The maximum absolute atomic E-state index is 3.82. The highest BCUT2D eigenvalue weighted by Crippen LogP contribution is 2.18. The number of fused-ring (bicyclic) bond motifs is 1. The van der Waals surface area contributed by atoms with E-state index in [1.807, 2.05) is 0 Å². The molecule has 0 unspecified atom stereocenters. The van der Waals surface area contributed by atoms with Gasteiger partial charge in [-0.1, -0.05) is 13.8 Å². The van der Waals surface area contributed by atoms with Gasteiger partial charge >= 0.3 is 0 Å². The third-order valence-electron chi connectivity index (χ3n) is 1.97. The predicted molar refractivity (Wildman–Crippen MR) is 48.0 cm³/mol. The van der Waals surface area contributed by atoms with Crippen molar-refractivity contribution in [2.24, 2.45) is 0 Å². The third-order valence-corrected chi connectivity index (χ3v) is 1.97. The lowest BCUT2D eigenvalue weighted by Gasteiger charge is -1.97. The van der Waals surface area contributed by atoms with Crippen LogP contribution in [0.1, 0.15) is 25.5 Å². The molecule has 2 heterocycles. The van der Waals surface area contributed by atoms with E-state index in [4.69, 9.17) is 0 Å². The summed E-state index contributed by atoms with van der Waals surface area (Å²) in [5.74, 6) is 0.525. The van der Waals surface area contributed by atoms with Crippen molar-refractivity contribution in [3.05, 3.63) is 24.2 Å². The van der Waals surface area contributed by atoms with Gasteiger partial charge in [0.05, 0.1) is 17.9 Å². The Hall–Kier alpha value is -1.38. The number of nitrogens with one attached hydrogen (secondary N) is 1. The summed E-state index contributed by atoms with van der Waals surface area (Å²) >= 11 is 0. The number of aromatic amines is 1. The van der Waals surface area contributed by atoms with Gasteiger partial charge in [0.1, 0.15) is 0 Å². The van der Waals surface area contributed by atoms with Crippen LogP contribution < -0.4 is 0 Å². The third kappa shape index (κ3) is 1.07. The van der Waals surface area contributed by atoms with Crippen LogP contribution in [-0.4, -0.2) is 15.2 Å². The molecular weight excluding hydrogens is 150 g/mol. The molecule has 0 amide bonds.